The number of nitrogens with zero attached hydrogens (tertiary/aromatic N) is 2. The van der Waals surface area contributed by atoms with Crippen LogP contribution >= 0.6 is 0 Å². The molecule has 242 valence electrons. The van der Waals surface area contributed by atoms with E-state index in [0.29, 0.717) is 5.82 Å². The van der Waals surface area contributed by atoms with Crippen LogP contribution in [0.2, 0.25) is 0 Å². The average Bonchev–Trinajstić information content (AvgIpc) is 3.19. The van der Waals surface area contributed by atoms with Gasteiger partial charge in [0.25, 0.3) is 0 Å². The molecular weight excluding hydrogens is 607 g/mol. The fourth-order valence-corrected chi connectivity index (χ4v) is 6.64. The van der Waals surface area contributed by atoms with E-state index in [9.17, 15) is 0 Å². The Labute approximate surface area is 294 Å². The highest BCUT2D eigenvalue weighted by Crippen LogP contribution is 2.34. The molecule has 4 aromatic carbocycles. The van der Waals surface area contributed by atoms with Gasteiger partial charge in [-0.1, -0.05) is 165 Å². The van der Waals surface area contributed by atoms with Crippen molar-refractivity contribution in [3.05, 3.63) is 197 Å². The molecule has 1 N–H and O–H groups in total. The number of rotatable bonds is 9. The molecule has 1 heterocycles. The highest BCUT2D eigenvalue weighted by molar-refractivity contribution is 6.09. The third kappa shape index (κ3) is 6.99. The van der Waals surface area contributed by atoms with Gasteiger partial charge >= 0.3 is 0 Å². The molecule has 1 aromatic heterocycles. The molecule has 0 radical (unpaired) electrons. The Balaban J connectivity index is 1.25. The van der Waals surface area contributed by atoms with Gasteiger partial charge in [-0.25, -0.2) is 9.97 Å². The van der Waals surface area contributed by atoms with Crippen molar-refractivity contribution in [1.29, 1.82) is 5.41 Å². The Morgan fingerprint density at radius 1 is 0.720 bits per heavy atom. The van der Waals surface area contributed by atoms with Gasteiger partial charge in [-0.15, -0.1) is 0 Å². The van der Waals surface area contributed by atoms with E-state index in [-0.39, 0.29) is 5.92 Å². The highest BCUT2D eigenvalue weighted by atomic mass is 14.9. The lowest BCUT2D eigenvalue weighted by atomic mass is 9.89. The molecule has 3 heteroatoms. The van der Waals surface area contributed by atoms with Crippen molar-refractivity contribution in [2.75, 3.05) is 0 Å². The van der Waals surface area contributed by atoms with E-state index < -0.39 is 0 Å². The predicted molar refractivity (Wildman–Crippen MR) is 211 cm³/mol. The van der Waals surface area contributed by atoms with Gasteiger partial charge < -0.3 is 5.41 Å². The third-order valence-electron chi connectivity index (χ3n) is 9.33. The number of allylic oxidation sites excluding steroid dienone is 11. The molecule has 0 amide bonds. The first-order valence-corrected chi connectivity index (χ1v) is 17.1. The molecule has 0 saturated carbocycles. The number of nitrogens with one attached hydrogen (secondary N) is 1. The Morgan fingerprint density at radius 3 is 2.12 bits per heavy atom. The highest BCUT2D eigenvalue weighted by Gasteiger charge is 2.19. The Hall–Kier alpha value is -6.19. The van der Waals surface area contributed by atoms with E-state index in [1.54, 1.807) is 0 Å². The smallest absolute Gasteiger partial charge is 0.160 e. The lowest BCUT2D eigenvalue weighted by Crippen LogP contribution is -2.26. The summed E-state index contributed by atoms with van der Waals surface area (Å²) >= 11 is 0. The van der Waals surface area contributed by atoms with Gasteiger partial charge in [0, 0.05) is 28.8 Å². The summed E-state index contributed by atoms with van der Waals surface area (Å²) in [5, 5.41) is 10.1. The van der Waals surface area contributed by atoms with E-state index in [1.165, 1.54) is 28.5 Å². The van der Waals surface area contributed by atoms with Gasteiger partial charge in [-0.2, -0.15) is 0 Å². The summed E-state index contributed by atoms with van der Waals surface area (Å²) in [5.74, 6) is 0.776. The predicted octanol–water partition coefficient (Wildman–Crippen LogP) is 10.2. The molecule has 0 aliphatic heterocycles. The lowest BCUT2D eigenvalue weighted by Gasteiger charge is -2.18. The van der Waals surface area contributed by atoms with Crippen LogP contribution in [-0.2, 0) is 0 Å². The largest absolute Gasteiger partial charge is 0.308 e. The molecule has 3 nitrogen and oxygen atoms in total. The van der Waals surface area contributed by atoms with Gasteiger partial charge in [0.2, 0.25) is 0 Å². The average molecular weight is 646 g/mol. The zero-order valence-electron chi connectivity index (χ0n) is 28.1. The summed E-state index contributed by atoms with van der Waals surface area (Å²) < 4.78 is 0. The number of hydrogen-bond acceptors (Lipinski definition) is 3. The second-order valence-corrected chi connectivity index (χ2v) is 12.5. The van der Waals surface area contributed by atoms with Crippen molar-refractivity contribution in [2.24, 2.45) is 0 Å². The van der Waals surface area contributed by atoms with Crippen LogP contribution in [0.1, 0.15) is 36.4 Å². The summed E-state index contributed by atoms with van der Waals surface area (Å²) in [6.07, 6.45) is 21.4. The molecule has 1 unspecified atom stereocenters. The molecule has 0 saturated heterocycles. The van der Waals surface area contributed by atoms with Crippen LogP contribution < -0.4 is 10.4 Å². The molecule has 1 atom stereocenters. The normalized spacial score (nSPS) is 16.3. The Kier molecular flexibility index (Phi) is 9.66. The minimum Gasteiger partial charge on any atom is -0.308 e. The molecule has 5 aromatic rings. The first-order valence-electron chi connectivity index (χ1n) is 17.1. The van der Waals surface area contributed by atoms with Gasteiger partial charge in [0.1, 0.15) is 0 Å². The van der Waals surface area contributed by atoms with Crippen molar-refractivity contribution >= 4 is 23.9 Å². The van der Waals surface area contributed by atoms with Gasteiger partial charge in [-0.3, -0.25) is 0 Å². The molecule has 0 spiro atoms. The second-order valence-electron chi connectivity index (χ2n) is 12.5. The minimum absolute atomic E-state index is 0.0702. The fourth-order valence-electron chi connectivity index (χ4n) is 6.64. The Morgan fingerprint density at radius 2 is 1.40 bits per heavy atom. The number of benzene rings is 4. The van der Waals surface area contributed by atoms with Gasteiger partial charge in [0.05, 0.1) is 11.4 Å². The molecule has 2 aliphatic rings. The summed E-state index contributed by atoms with van der Waals surface area (Å²) in [5.41, 5.74) is 11.8. The van der Waals surface area contributed by atoms with Crippen molar-refractivity contribution < 1.29 is 0 Å². The van der Waals surface area contributed by atoms with Crippen LogP contribution in [0.4, 0.5) is 0 Å². The molecule has 0 fully saturated rings. The second kappa shape index (κ2) is 14.9. The topological polar surface area (TPSA) is 49.6 Å². The standard InChI is InChI=1S/C47H39N3/c1-3-4-13-36-16-9-11-18-43(36)37-21-25-39(26-22-37)45-31-46(40-27-23-38(24-28-40)44(32-48)42-17-10-8-12-33(42)2)50-47(49-45)41-29-19-35(20-30-41)34-14-6-5-7-15-34/h3-8,10,12-27,29-32,40,48H,1-2,9,11,28H2/b13-4-,44-42+,48-32?. The maximum absolute atomic E-state index is 8.18. The molecule has 2 aliphatic carbocycles. The van der Waals surface area contributed by atoms with Crippen molar-refractivity contribution in [3.8, 4) is 33.8 Å². The SMILES string of the molecule is C=C/C=C\C1=CCCC=C1c1ccc(-c2cc(C3C=CC(/C(C=N)=c4\ccccc4=C)=CC3)nc(-c3ccc(-c4ccccc4)cc3)n2)cc1. The molecule has 0 bridgehead atoms. The quantitative estimate of drug-likeness (QED) is 0.128. The maximum atomic E-state index is 8.18. The van der Waals surface area contributed by atoms with E-state index in [2.05, 4.69) is 128 Å². The maximum Gasteiger partial charge on any atom is 0.160 e. The van der Waals surface area contributed by atoms with Gasteiger partial charge in [-0.05, 0) is 69.2 Å². The Bertz CT molecular complexity index is 2320. The van der Waals surface area contributed by atoms with E-state index >= 15 is 0 Å². The van der Waals surface area contributed by atoms with Crippen LogP contribution in [0, 0.1) is 5.41 Å². The fraction of sp³-hybridized carbons (Fsp3) is 0.0851. The van der Waals surface area contributed by atoms with Crippen molar-refractivity contribution in [2.45, 2.75) is 25.2 Å². The zero-order chi connectivity index (χ0) is 34.3. The third-order valence-corrected chi connectivity index (χ3v) is 9.33. The molecular formula is C47H39N3. The monoisotopic (exact) mass is 645 g/mol. The van der Waals surface area contributed by atoms with Gasteiger partial charge in [0.15, 0.2) is 5.82 Å². The number of aromatic nitrogens is 2. The molecule has 7 rings (SSSR count). The summed E-state index contributed by atoms with van der Waals surface area (Å²) in [6, 6.07) is 37.8. The van der Waals surface area contributed by atoms with Crippen LogP contribution in [0.5, 0.6) is 0 Å². The number of hydrogen-bond donors (Lipinski definition) is 1. The minimum atomic E-state index is 0.0702. The summed E-state index contributed by atoms with van der Waals surface area (Å²) in [7, 11) is 0. The first kappa shape index (κ1) is 32.4. The van der Waals surface area contributed by atoms with E-state index in [4.69, 9.17) is 15.4 Å². The van der Waals surface area contributed by atoms with Crippen LogP contribution in [0.25, 0.3) is 51.5 Å². The van der Waals surface area contributed by atoms with Crippen LogP contribution in [0.3, 0.4) is 0 Å². The van der Waals surface area contributed by atoms with Crippen molar-refractivity contribution in [1.82, 2.24) is 9.97 Å². The van der Waals surface area contributed by atoms with Crippen LogP contribution in [-0.4, -0.2) is 16.2 Å². The molecule has 50 heavy (non-hydrogen) atoms. The lowest BCUT2D eigenvalue weighted by molar-refractivity contribution is 0.808. The van der Waals surface area contributed by atoms with E-state index in [0.717, 1.165) is 68.9 Å². The zero-order valence-corrected chi connectivity index (χ0v) is 28.1. The summed E-state index contributed by atoms with van der Waals surface area (Å²) in [6.45, 7) is 8.03. The van der Waals surface area contributed by atoms with E-state index in [1.807, 2.05) is 42.5 Å². The van der Waals surface area contributed by atoms with Crippen LogP contribution in [0.15, 0.2) is 176 Å². The first-order chi connectivity index (χ1) is 24.6. The van der Waals surface area contributed by atoms with Crippen molar-refractivity contribution in [3.63, 3.8) is 0 Å². The summed E-state index contributed by atoms with van der Waals surface area (Å²) in [4.78, 5) is 10.3.